The first-order valence-corrected chi connectivity index (χ1v) is 17.0. The molecular formula is C38H42F3N3O3. The molecule has 0 unspecified atom stereocenters. The highest BCUT2D eigenvalue weighted by Crippen LogP contribution is 2.59. The van der Waals surface area contributed by atoms with E-state index < -0.39 is 17.6 Å². The van der Waals surface area contributed by atoms with E-state index in [1.807, 2.05) is 31.2 Å². The maximum atomic E-state index is 13.9. The zero-order valence-electron chi connectivity index (χ0n) is 26.8. The molecule has 248 valence electrons. The molecule has 4 aliphatic carbocycles. The molecule has 0 atom stereocenters. The second-order valence-corrected chi connectivity index (χ2v) is 14.2. The molecule has 5 fully saturated rings. The minimum absolute atomic E-state index is 0.00833. The molecule has 0 aromatic heterocycles. The Morgan fingerprint density at radius 2 is 1.49 bits per heavy atom. The van der Waals surface area contributed by atoms with E-state index in [1.54, 1.807) is 29.2 Å². The number of alkyl halides is 3. The van der Waals surface area contributed by atoms with E-state index in [0.29, 0.717) is 55.2 Å². The number of amides is 2. The first kappa shape index (κ1) is 31.6. The predicted molar refractivity (Wildman–Crippen MR) is 176 cm³/mol. The minimum Gasteiger partial charge on any atom is -0.494 e. The molecule has 0 radical (unpaired) electrons. The van der Waals surface area contributed by atoms with Crippen molar-refractivity contribution in [2.24, 2.45) is 23.2 Å². The lowest BCUT2D eigenvalue weighted by Crippen LogP contribution is -2.51. The maximum absolute atomic E-state index is 13.9. The number of ether oxygens (including phenoxy) is 1. The smallest absolute Gasteiger partial charge is 0.416 e. The molecule has 6 nitrogen and oxygen atoms in total. The zero-order chi connectivity index (χ0) is 32.8. The maximum Gasteiger partial charge on any atom is 0.416 e. The van der Waals surface area contributed by atoms with Crippen LogP contribution in [0.5, 0.6) is 5.75 Å². The van der Waals surface area contributed by atoms with Gasteiger partial charge in [0.05, 0.1) is 12.2 Å². The molecule has 2 amide bonds. The molecule has 47 heavy (non-hydrogen) atoms. The van der Waals surface area contributed by atoms with Gasteiger partial charge in [-0.05, 0) is 134 Å². The number of benzene rings is 3. The number of nitrogens with zero attached hydrogens (tertiary/aromatic N) is 2. The first-order chi connectivity index (χ1) is 22.6. The third kappa shape index (κ3) is 6.72. The van der Waals surface area contributed by atoms with Crippen molar-refractivity contribution in [1.82, 2.24) is 10.2 Å². The van der Waals surface area contributed by atoms with Crippen molar-refractivity contribution < 1.29 is 27.5 Å². The highest BCUT2D eigenvalue weighted by atomic mass is 19.4. The van der Waals surface area contributed by atoms with Crippen LogP contribution in [-0.2, 0) is 6.18 Å². The van der Waals surface area contributed by atoms with Crippen LogP contribution in [0.2, 0.25) is 0 Å². The van der Waals surface area contributed by atoms with Crippen LogP contribution in [0.1, 0.15) is 71.7 Å². The fourth-order valence-corrected chi connectivity index (χ4v) is 9.06. The van der Waals surface area contributed by atoms with E-state index in [4.69, 9.17) is 4.74 Å². The first-order valence-electron chi connectivity index (χ1n) is 17.0. The van der Waals surface area contributed by atoms with E-state index in [1.165, 1.54) is 44.6 Å². The van der Waals surface area contributed by atoms with Crippen molar-refractivity contribution in [3.63, 3.8) is 0 Å². The van der Waals surface area contributed by atoms with Gasteiger partial charge in [0.2, 0.25) is 0 Å². The van der Waals surface area contributed by atoms with Crippen LogP contribution in [0, 0.1) is 23.2 Å². The number of rotatable bonds is 8. The van der Waals surface area contributed by atoms with E-state index in [2.05, 4.69) is 10.2 Å². The van der Waals surface area contributed by atoms with Crippen LogP contribution in [0.4, 0.5) is 18.9 Å². The van der Waals surface area contributed by atoms with Crippen molar-refractivity contribution in [3.05, 3.63) is 83.4 Å². The molecule has 0 spiro atoms. The molecule has 3 aromatic carbocycles. The van der Waals surface area contributed by atoms with Crippen LogP contribution in [0.25, 0.3) is 11.1 Å². The topological polar surface area (TPSA) is 61.9 Å². The summed E-state index contributed by atoms with van der Waals surface area (Å²) in [5.74, 6) is 2.63. The number of anilines is 1. The van der Waals surface area contributed by atoms with Gasteiger partial charge in [0, 0.05) is 49.5 Å². The fraction of sp³-hybridized carbons (Fsp3) is 0.474. The van der Waals surface area contributed by atoms with Crippen molar-refractivity contribution in [2.45, 2.75) is 51.6 Å². The number of nitrogens with one attached hydrogen (secondary N) is 1. The van der Waals surface area contributed by atoms with Gasteiger partial charge in [0.15, 0.2) is 0 Å². The van der Waals surface area contributed by atoms with Crippen LogP contribution in [0.3, 0.4) is 0 Å². The summed E-state index contributed by atoms with van der Waals surface area (Å²) in [7, 11) is 0. The number of hydrogen-bond donors (Lipinski definition) is 1. The number of hydrogen-bond acceptors (Lipinski definition) is 4. The summed E-state index contributed by atoms with van der Waals surface area (Å²) in [6.07, 6.45) is 3.31. The van der Waals surface area contributed by atoms with Crippen molar-refractivity contribution >= 4 is 17.5 Å². The molecule has 4 saturated carbocycles. The van der Waals surface area contributed by atoms with Crippen LogP contribution >= 0.6 is 0 Å². The number of piperazine rings is 1. The average Bonchev–Trinajstić information content (AvgIpc) is 3.06. The second kappa shape index (κ2) is 12.5. The SMILES string of the molecule is CCOc1cccc(-c2cc(C(=O)N3CCN(c4ccc(C(=O)NCC56CC7CC(CC(C7)C5)C6)cc4)CC3)cc(C(F)(F)F)c2)c1. The summed E-state index contributed by atoms with van der Waals surface area (Å²) in [5, 5.41) is 3.25. The summed E-state index contributed by atoms with van der Waals surface area (Å²) >= 11 is 0. The Morgan fingerprint density at radius 3 is 2.11 bits per heavy atom. The molecular weight excluding hydrogens is 603 g/mol. The predicted octanol–water partition coefficient (Wildman–Crippen LogP) is 7.68. The van der Waals surface area contributed by atoms with Crippen molar-refractivity contribution in [3.8, 4) is 16.9 Å². The fourth-order valence-electron chi connectivity index (χ4n) is 9.06. The van der Waals surface area contributed by atoms with Gasteiger partial charge in [-0.3, -0.25) is 9.59 Å². The van der Waals surface area contributed by atoms with Crippen molar-refractivity contribution in [2.75, 3.05) is 44.2 Å². The molecule has 9 heteroatoms. The van der Waals surface area contributed by atoms with Crippen LogP contribution < -0.4 is 15.0 Å². The molecule has 1 heterocycles. The normalized spacial score (nSPS) is 25.1. The average molecular weight is 646 g/mol. The summed E-state index contributed by atoms with van der Waals surface area (Å²) in [6.45, 7) is 4.85. The Balaban J connectivity index is 0.976. The number of carbonyl (C=O) groups excluding carboxylic acids is 2. The third-order valence-electron chi connectivity index (χ3n) is 10.8. The standard InChI is InChI=1S/C38H42F3N3O3/c1-2-47-34-5-3-4-29(20-34)30-17-31(19-32(18-30)38(39,40)41)36(46)44-12-10-43(11-13-44)33-8-6-28(7-9-33)35(45)42-24-37-21-25-14-26(22-37)16-27(15-25)23-37/h3-9,17-20,25-27H,2,10-16,21-24H2,1H3,(H,42,45). The van der Waals surface area contributed by atoms with E-state index in [9.17, 15) is 22.8 Å². The zero-order valence-corrected chi connectivity index (χ0v) is 26.8. The van der Waals surface area contributed by atoms with Gasteiger partial charge >= 0.3 is 6.18 Å². The Kier molecular flexibility index (Phi) is 8.43. The molecule has 4 bridgehead atoms. The van der Waals surface area contributed by atoms with E-state index in [0.717, 1.165) is 42.1 Å². The molecule has 3 aromatic rings. The van der Waals surface area contributed by atoms with Gasteiger partial charge in [-0.25, -0.2) is 0 Å². The van der Waals surface area contributed by atoms with Gasteiger partial charge in [0.25, 0.3) is 11.8 Å². The summed E-state index contributed by atoms with van der Waals surface area (Å²) in [5.41, 5.74) is 1.88. The molecule has 1 saturated heterocycles. The Bertz CT molecular complexity index is 1590. The van der Waals surface area contributed by atoms with Crippen LogP contribution in [-0.4, -0.2) is 56.0 Å². The van der Waals surface area contributed by atoms with E-state index in [-0.39, 0.29) is 16.9 Å². The monoisotopic (exact) mass is 645 g/mol. The van der Waals surface area contributed by atoms with Gasteiger partial charge in [-0.2, -0.15) is 13.2 Å². The van der Waals surface area contributed by atoms with Gasteiger partial charge < -0.3 is 19.9 Å². The lowest BCUT2D eigenvalue weighted by molar-refractivity contribution is -0.137. The lowest BCUT2D eigenvalue weighted by Gasteiger charge is -2.56. The highest BCUT2D eigenvalue weighted by molar-refractivity contribution is 5.96. The van der Waals surface area contributed by atoms with Gasteiger partial charge in [-0.15, -0.1) is 0 Å². The van der Waals surface area contributed by atoms with Crippen LogP contribution in [0.15, 0.2) is 66.7 Å². The van der Waals surface area contributed by atoms with E-state index >= 15 is 0 Å². The molecule has 1 aliphatic heterocycles. The van der Waals surface area contributed by atoms with Gasteiger partial charge in [0.1, 0.15) is 5.75 Å². The summed E-state index contributed by atoms with van der Waals surface area (Å²) < 4.78 is 47.2. The summed E-state index contributed by atoms with van der Waals surface area (Å²) in [6, 6.07) is 18.0. The largest absolute Gasteiger partial charge is 0.494 e. The lowest BCUT2D eigenvalue weighted by atomic mass is 9.49. The number of halogens is 3. The van der Waals surface area contributed by atoms with Gasteiger partial charge in [-0.1, -0.05) is 12.1 Å². The molecule has 1 N–H and O–H groups in total. The second-order valence-electron chi connectivity index (χ2n) is 14.2. The Hall–Kier alpha value is -4.01. The molecule has 5 aliphatic rings. The Labute approximate surface area is 274 Å². The third-order valence-corrected chi connectivity index (χ3v) is 10.8. The minimum atomic E-state index is -4.60. The quantitative estimate of drug-likeness (QED) is 0.273. The summed E-state index contributed by atoms with van der Waals surface area (Å²) in [4.78, 5) is 30.4. The highest BCUT2D eigenvalue weighted by Gasteiger charge is 2.50. The molecule has 8 rings (SSSR count). The van der Waals surface area contributed by atoms with Crippen molar-refractivity contribution in [1.29, 1.82) is 0 Å². The Morgan fingerprint density at radius 1 is 0.830 bits per heavy atom. The number of carbonyl (C=O) groups is 2.